The van der Waals surface area contributed by atoms with E-state index in [9.17, 15) is 0 Å². The quantitative estimate of drug-likeness (QED) is 0.626. The van der Waals surface area contributed by atoms with Crippen LogP contribution in [0.3, 0.4) is 0 Å². The second kappa shape index (κ2) is 9.93. The second-order valence-electron chi connectivity index (χ2n) is 7.56. The number of hydrogen-bond donors (Lipinski definition) is 1. The van der Waals surface area contributed by atoms with Gasteiger partial charge in [-0.3, -0.25) is 9.89 Å². The molecule has 0 aromatic heterocycles. The highest BCUT2D eigenvalue weighted by atomic mass is 16.5. The van der Waals surface area contributed by atoms with Crippen molar-refractivity contribution in [2.24, 2.45) is 10.9 Å². The normalized spacial score (nSPS) is 23.2. The third-order valence-electron chi connectivity index (χ3n) is 5.32. The van der Waals surface area contributed by atoms with Crippen LogP contribution in [0.2, 0.25) is 0 Å². The number of benzene rings is 1. The van der Waals surface area contributed by atoms with Crippen LogP contribution in [-0.2, 0) is 4.74 Å². The van der Waals surface area contributed by atoms with Gasteiger partial charge in [-0.2, -0.15) is 0 Å². The lowest BCUT2D eigenvalue weighted by Crippen LogP contribution is -2.41. The summed E-state index contributed by atoms with van der Waals surface area (Å²) in [6.45, 7) is 13.4. The van der Waals surface area contributed by atoms with Crippen molar-refractivity contribution in [3.8, 4) is 0 Å². The van der Waals surface area contributed by atoms with E-state index in [2.05, 4.69) is 59.3 Å². The first-order chi connectivity index (χ1) is 12.8. The van der Waals surface area contributed by atoms with Crippen molar-refractivity contribution in [1.82, 2.24) is 15.1 Å². The molecule has 26 heavy (non-hydrogen) atoms. The fourth-order valence-electron chi connectivity index (χ4n) is 3.90. The first kappa shape index (κ1) is 19.2. The number of guanidine groups is 1. The van der Waals surface area contributed by atoms with Gasteiger partial charge in [-0.1, -0.05) is 37.3 Å². The summed E-state index contributed by atoms with van der Waals surface area (Å²) in [7, 11) is 0. The summed E-state index contributed by atoms with van der Waals surface area (Å²) in [6, 6.07) is 10.9. The maximum Gasteiger partial charge on any atom is 0.193 e. The van der Waals surface area contributed by atoms with Crippen molar-refractivity contribution >= 4 is 5.96 Å². The van der Waals surface area contributed by atoms with Gasteiger partial charge in [-0.15, -0.1) is 0 Å². The number of nitrogens with zero attached hydrogens (tertiary/aromatic N) is 3. The summed E-state index contributed by atoms with van der Waals surface area (Å²) >= 11 is 0. The summed E-state index contributed by atoms with van der Waals surface area (Å²) < 4.78 is 5.44. The third kappa shape index (κ3) is 5.45. The van der Waals surface area contributed by atoms with E-state index in [1.165, 1.54) is 12.0 Å². The van der Waals surface area contributed by atoms with Gasteiger partial charge >= 0.3 is 0 Å². The van der Waals surface area contributed by atoms with Crippen LogP contribution in [0.25, 0.3) is 0 Å². The molecule has 0 saturated carbocycles. The Hall–Kier alpha value is -1.59. The van der Waals surface area contributed by atoms with E-state index in [-0.39, 0.29) is 0 Å². The highest BCUT2D eigenvalue weighted by molar-refractivity contribution is 5.80. The van der Waals surface area contributed by atoms with Crippen LogP contribution < -0.4 is 5.32 Å². The van der Waals surface area contributed by atoms with E-state index in [0.717, 1.165) is 65.0 Å². The SMILES string of the molecule is CCNC(=NCC(C)CN1CCOCC1)N1CCC(c2ccccc2)C1. The number of ether oxygens (including phenoxy) is 1. The number of nitrogens with one attached hydrogen (secondary N) is 1. The Kier molecular flexibility index (Phi) is 7.32. The predicted molar refractivity (Wildman–Crippen MR) is 108 cm³/mol. The molecule has 2 unspecified atom stereocenters. The molecule has 3 rings (SSSR count). The fraction of sp³-hybridized carbons (Fsp3) is 0.667. The topological polar surface area (TPSA) is 40.1 Å². The smallest absolute Gasteiger partial charge is 0.193 e. The minimum absolute atomic E-state index is 0.564. The van der Waals surface area contributed by atoms with E-state index in [1.54, 1.807) is 0 Å². The molecule has 144 valence electrons. The molecule has 2 aliphatic heterocycles. The minimum Gasteiger partial charge on any atom is -0.379 e. The Morgan fingerprint density at radius 3 is 2.73 bits per heavy atom. The van der Waals surface area contributed by atoms with Gasteiger partial charge in [0.1, 0.15) is 0 Å². The Morgan fingerprint density at radius 2 is 2.00 bits per heavy atom. The largest absolute Gasteiger partial charge is 0.379 e. The summed E-state index contributed by atoms with van der Waals surface area (Å²) in [4.78, 5) is 9.89. The molecular formula is C21H34N4O. The molecule has 2 aliphatic rings. The molecule has 1 aromatic carbocycles. The van der Waals surface area contributed by atoms with Crippen molar-refractivity contribution in [1.29, 1.82) is 0 Å². The zero-order valence-corrected chi connectivity index (χ0v) is 16.4. The Balaban J connectivity index is 1.53. The zero-order chi connectivity index (χ0) is 18.2. The summed E-state index contributed by atoms with van der Waals surface area (Å²) in [6.07, 6.45) is 1.21. The molecule has 2 saturated heterocycles. The molecular weight excluding hydrogens is 324 g/mol. The Bertz CT molecular complexity index is 556. The van der Waals surface area contributed by atoms with Crippen molar-refractivity contribution in [3.63, 3.8) is 0 Å². The maximum atomic E-state index is 5.44. The number of morpholine rings is 1. The average Bonchev–Trinajstić information content (AvgIpc) is 3.17. The van der Waals surface area contributed by atoms with Crippen LogP contribution in [-0.4, -0.2) is 74.8 Å². The monoisotopic (exact) mass is 358 g/mol. The number of rotatable bonds is 6. The molecule has 0 aliphatic carbocycles. The molecule has 2 fully saturated rings. The predicted octanol–water partition coefficient (Wildman–Crippen LogP) is 2.41. The standard InChI is InChI=1S/C21H34N4O/c1-3-22-21(23-15-18(2)16-24-11-13-26-14-12-24)25-10-9-20(17-25)19-7-5-4-6-8-19/h4-8,18,20H,3,9-17H2,1-2H3,(H,22,23). The maximum absolute atomic E-state index is 5.44. The van der Waals surface area contributed by atoms with Crippen molar-refractivity contribution in [2.75, 3.05) is 59.0 Å². The molecule has 1 N–H and O–H groups in total. The molecule has 0 spiro atoms. The molecule has 2 heterocycles. The first-order valence-corrected chi connectivity index (χ1v) is 10.1. The first-order valence-electron chi connectivity index (χ1n) is 10.1. The average molecular weight is 359 g/mol. The van der Waals surface area contributed by atoms with E-state index in [1.807, 2.05) is 0 Å². The van der Waals surface area contributed by atoms with Gasteiger partial charge < -0.3 is 15.0 Å². The molecule has 0 radical (unpaired) electrons. The Labute approximate surface area is 158 Å². The van der Waals surface area contributed by atoms with Crippen molar-refractivity contribution in [3.05, 3.63) is 35.9 Å². The second-order valence-corrected chi connectivity index (χ2v) is 7.56. The molecule has 0 amide bonds. The lowest BCUT2D eigenvalue weighted by molar-refractivity contribution is 0.0323. The van der Waals surface area contributed by atoms with Crippen LogP contribution >= 0.6 is 0 Å². The highest BCUT2D eigenvalue weighted by Crippen LogP contribution is 2.26. The third-order valence-corrected chi connectivity index (χ3v) is 5.32. The van der Waals surface area contributed by atoms with Gasteiger partial charge in [-0.05, 0) is 24.8 Å². The van der Waals surface area contributed by atoms with Gasteiger partial charge in [0.25, 0.3) is 0 Å². The van der Waals surface area contributed by atoms with Crippen LogP contribution in [0.5, 0.6) is 0 Å². The van der Waals surface area contributed by atoms with E-state index >= 15 is 0 Å². The van der Waals surface area contributed by atoms with Crippen LogP contribution in [0.4, 0.5) is 0 Å². The van der Waals surface area contributed by atoms with Crippen molar-refractivity contribution < 1.29 is 4.74 Å². The van der Waals surface area contributed by atoms with Gasteiger partial charge in [0.15, 0.2) is 5.96 Å². The lowest BCUT2D eigenvalue weighted by atomic mass is 9.99. The van der Waals surface area contributed by atoms with E-state index in [0.29, 0.717) is 11.8 Å². The minimum atomic E-state index is 0.564. The zero-order valence-electron chi connectivity index (χ0n) is 16.4. The molecule has 0 bridgehead atoms. The van der Waals surface area contributed by atoms with Crippen molar-refractivity contribution in [2.45, 2.75) is 26.2 Å². The van der Waals surface area contributed by atoms with Crippen LogP contribution in [0, 0.1) is 5.92 Å². The Morgan fingerprint density at radius 1 is 1.23 bits per heavy atom. The van der Waals surface area contributed by atoms with Gasteiger partial charge in [0.05, 0.1) is 13.2 Å². The molecule has 5 nitrogen and oxygen atoms in total. The lowest BCUT2D eigenvalue weighted by Gasteiger charge is -2.29. The summed E-state index contributed by atoms with van der Waals surface area (Å²) in [5, 5.41) is 3.50. The number of likely N-dealkylation sites (tertiary alicyclic amines) is 1. The van der Waals surface area contributed by atoms with E-state index in [4.69, 9.17) is 9.73 Å². The van der Waals surface area contributed by atoms with Crippen LogP contribution in [0.1, 0.15) is 31.7 Å². The fourth-order valence-corrected chi connectivity index (χ4v) is 3.90. The highest BCUT2D eigenvalue weighted by Gasteiger charge is 2.26. The van der Waals surface area contributed by atoms with Crippen LogP contribution in [0.15, 0.2) is 35.3 Å². The molecule has 5 heteroatoms. The van der Waals surface area contributed by atoms with E-state index < -0.39 is 0 Å². The molecule has 2 atom stereocenters. The summed E-state index contributed by atoms with van der Waals surface area (Å²) in [5.74, 6) is 2.26. The summed E-state index contributed by atoms with van der Waals surface area (Å²) in [5.41, 5.74) is 1.45. The number of hydrogen-bond acceptors (Lipinski definition) is 3. The molecule has 1 aromatic rings. The van der Waals surface area contributed by atoms with Gasteiger partial charge in [-0.25, -0.2) is 0 Å². The van der Waals surface area contributed by atoms with Gasteiger partial charge in [0.2, 0.25) is 0 Å². The van der Waals surface area contributed by atoms with Gasteiger partial charge in [0, 0.05) is 51.7 Å². The number of aliphatic imine (C=N–C) groups is 1.